The number of nitrogens with zero attached hydrogens (tertiary/aromatic N) is 2. The lowest BCUT2D eigenvalue weighted by molar-refractivity contribution is -0.126. The van der Waals surface area contributed by atoms with E-state index in [1.54, 1.807) is 7.05 Å². The molecule has 1 saturated heterocycles. The fourth-order valence-corrected chi connectivity index (χ4v) is 1.35. The van der Waals surface area contributed by atoms with E-state index < -0.39 is 0 Å². The molecule has 0 aromatic carbocycles. The highest BCUT2D eigenvalue weighted by Gasteiger charge is 2.27. The predicted octanol–water partition coefficient (Wildman–Crippen LogP) is -1.74. The largest absolute Gasteiger partial charge is 0.353 e. The summed E-state index contributed by atoms with van der Waals surface area (Å²) >= 11 is 0. The zero-order valence-electron chi connectivity index (χ0n) is 7.87. The molecular formula is C7H15N5O. The predicted molar refractivity (Wildman–Crippen MR) is 49.9 cm³/mol. The number of carbonyl (C=O) groups is 1. The van der Waals surface area contributed by atoms with Gasteiger partial charge < -0.3 is 10.2 Å². The van der Waals surface area contributed by atoms with Crippen LogP contribution in [0.25, 0.3) is 0 Å². The Labute approximate surface area is 77.1 Å². The van der Waals surface area contributed by atoms with Crippen LogP contribution in [0.3, 0.4) is 0 Å². The number of nitrogens with one attached hydrogen (secondary N) is 2. The van der Waals surface area contributed by atoms with Crippen molar-refractivity contribution < 1.29 is 4.79 Å². The Morgan fingerprint density at radius 2 is 2.54 bits per heavy atom. The molecule has 1 heterocycles. The van der Waals surface area contributed by atoms with Crippen molar-refractivity contribution in [3.05, 3.63) is 0 Å². The molecule has 0 aliphatic carbocycles. The highest BCUT2D eigenvalue weighted by Crippen LogP contribution is 2.03. The third kappa shape index (κ3) is 1.89. The molecule has 74 valence electrons. The van der Waals surface area contributed by atoms with Gasteiger partial charge in [0.1, 0.15) is 6.04 Å². The van der Waals surface area contributed by atoms with Gasteiger partial charge in [-0.05, 0) is 6.92 Å². The molecule has 1 amide bonds. The Morgan fingerprint density at radius 1 is 1.85 bits per heavy atom. The zero-order chi connectivity index (χ0) is 9.84. The van der Waals surface area contributed by atoms with E-state index in [0.717, 1.165) is 6.54 Å². The average molecular weight is 185 g/mol. The van der Waals surface area contributed by atoms with Crippen LogP contribution in [0.15, 0.2) is 4.99 Å². The normalized spacial score (nSPS) is 24.2. The van der Waals surface area contributed by atoms with Crippen molar-refractivity contribution in [1.29, 1.82) is 0 Å². The topological polar surface area (TPSA) is 82.8 Å². The minimum atomic E-state index is -0.219. The summed E-state index contributed by atoms with van der Waals surface area (Å²) < 4.78 is 0. The maximum atomic E-state index is 11.3. The SMILES string of the molecule is CN=C(NN)N1CCNC(=O)C1C. The molecular weight excluding hydrogens is 170 g/mol. The molecule has 4 N–H and O–H groups in total. The van der Waals surface area contributed by atoms with Crippen LogP contribution in [0.2, 0.25) is 0 Å². The lowest BCUT2D eigenvalue weighted by Crippen LogP contribution is -2.59. The van der Waals surface area contributed by atoms with Gasteiger partial charge >= 0.3 is 0 Å². The van der Waals surface area contributed by atoms with Gasteiger partial charge in [-0.1, -0.05) is 0 Å². The number of aliphatic imine (C=N–C) groups is 1. The van der Waals surface area contributed by atoms with E-state index in [0.29, 0.717) is 12.5 Å². The quantitative estimate of drug-likeness (QED) is 0.181. The summed E-state index contributed by atoms with van der Waals surface area (Å²) in [6, 6.07) is -0.219. The van der Waals surface area contributed by atoms with E-state index in [1.807, 2.05) is 11.8 Å². The standard InChI is InChI=1S/C7H15N5O/c1-5-6(13)10-3-4-12(5)7(9-2)11-8/h5H,3-4,8H2,1-2H3,(H,9,11)(H,10,13). The van der Waals surface area contributed by atoms with Crippen molar-refractivity contribution >= 4 is 11.9 Å². The third-order valence-electron chi connectivity index (χ3n) is 2.11. The molecule has 1 aliphatic heterocycles. The molecule has 0 bridgehead atoms. The van der Waals surface area contributed by atoms with E-state index in [2.05, 4.69) is 15.7 Å². The number of carbonyl (C=O) groups excluding carboxylic acids is 1. The third-order valence-corrected chi connectivity index (χ3v) is 2.11. The molecule has 13 heavy (non-hydrogen) atoms. The van der Waals surface area contributed by atoms with Crippen molar-refractivity contribution in [3.63, 3.8) is 0 Å². The highest BCUT2D eigenvalue weighted by molar-refractivity contribution is 5.89. The molecule has 1 unspecified atom stereocenters. The molecule has 6 nitrogen and oxygen atoms in total. The van der Waals surface area contributed by atoms with Gasteiger partial charge in [0.25, 0.3) is 0 Å². The van der Waals surface area contributed by atoms with Crippen molar-refractivity contribution in [2.24, 2.45) is 10.8 Å². The molecule has 1 fully saturated rings. The van der Waals surface area contributed by atoms with Crippen molar-refractivity contribution in [1.82, 2.24) is 15.6 Å². The molecule has 1 atom stereocenters. The Morgan fingerprint density at radius 3 is 3.08 bits per heavy atom. The molecule has 0 aromatic heterocycles. The first-order valence-corrected chi connectivity index (χ1v) is 4.18. The Hall–Kier alpha value is -1.30. The number of amides is 1. The second-order valence-electron chi connectivity index (χ2n) is 2.85. The first kappa shape index (κ1) is 9.79. The Bertz CT molecular complexity index is 227. The second-order valence-corrected chi connectivity index (χ2v) is 2.85. The van der Waals surface area contributed by atoms with E-state index in [4.69, 9.17) is 5.84 Å². The highest BCUT2D eigenvalue weighted by atomic mass is 16.2. The van der Waals surface area contributed by atoms with E-state index in [-0.39, 0.29) is 11.9 Å². The maximum Gasteiger partial charge on any atom is 0.242 e. The number of nitrogens with two attached hydrogens (primary N) is 1. The van der Waals surface area contributed by atoms with E-state index >= 15 is 0 Å². The molecule has 0 spiro atoms. The first-order chi connectivity index (χ1) is 6.20. The molecule has 0 aromatic rings. The van der Waals surface area contributed by atoms with Crippen LogP contribution in [0, 0.1) is 0 Å². The fourth-order valence-electron chi connectivity index (χ4n) is 1.35. The Kier molecular flexibility index (Phi) is 3.07. The van der Waals surface area contributed by atoms with E-state index in [9.17, 15) is 4.79 Å². The monoisotopic (exact) mass is 185 g/mol. The van der Waals surface area contributed by atoms with Crippen molar-refractivity contribution in [2.75, 3.05) is 20.1 Å². The summed E-state index contributed by atoms with van der Waals surface area (Å²) in [6.45, 7) is 3.17. The van der Waals surface area contributed by atoms with Gasteiger partial charge in [-0.2, -0.15) is 0 Å². The maximum absolute atomic E-state index is 11.3. The lowest BCUT2D eigenvalue weighted by atomic mass is 10.2. The summed E-state index contributed by atoms with van der Waals surface area (Å²) in [5.74, 6) is 5.81. The number of rotatable bonds is 0. The summed E-state index contributed by atoms with van der Waals surface area (Å²) in [4.78, 5) is 17.0. The zero-order valence-corrected chi connectivity index (χ0v) is 7.87. The Balaban J connectivity index is 2.72. The molecule has 0 saturated carbocycles. The van der Waals surface area contributed by atoms with Crippen LogP contribution in [-0.4, -0.2) is 42.9 Å². The minimum Gasteiger partial charge on any atom is -0.353 e. The molecule has 1 aliphatic rings. The summed E-state index contributed by atoms with van der Waals surface area (Å²) in [5, 5.41) is 2.76. The van der Waals surface area contributed by atoms with Gasteiger partial charge in [0, 0.05) is 20.1 Å². The number of hydrazine groups is 1. The van der Waals surface area contributed by atoms with Crippen LogP contribution < -0.4 is 16.6 Å². The number of hydrogen-bond acceptors (Lipinski definition) is 3. The van der Waals surface area contributed by atoms with Crippen LogP contribution in [0.4, 0.5) is 0 Å². The van der Waals surface area contributed by atoms with Gasteiger partial charge in [0.05, 0.1) is 0 Å². The summed E-state index contributed by atoms with van der Waals surface area (Å²) in [5.41, 5.74) is 2.47. The lowest BCUT2D eigenvalue weighted by Gasteiger charge is -2.34. The van der Waals surface area contributed by atoms with Gasteiger partial charge in [-0.15, -0.1) is 0 Å². The minimum absolute atomic E-state index is 0.00245. The molecule has 1 rings (SSSR count). The smallest absolute Gasteiger partial charge is 0.242 e. The average Bonchev–Trinajstić information content (AvgIpc) is 2.14. The van der Waals surface area contributed by atoms with Crippen LogP contribution >= 0.6 is 0 Å². The second kappa shape index (κ2) is 4.08. The fraction of sp³-hybridized carbons (Fsp3) is 0.714. The number of guanidine groups is 1. The van der Waals surface area contributed by atoms with Gasteiger partial charge in [-0.3, -0.25) is 15.2 Å². The van der Waals surface area contributed by atoms with Crippen LogP contribution in [0.5, 0.6) is 0 Å². The van der Waals surface area contributed by atoms with Crippen molar-refractivity contribution in [3.8, 4) is 0 Å². The first-order valence-electron chi connectivity index (χ1n) is 4.18. The van der Waals surface area contributed by atoms with Crippen LogP contribution in [0.1, 0.15) is 6.92 Å². The number of piperazine rings is 1. The van der Waals surface area contributed by atoms with Crippen LogP contribution in [-0.2, 0) is 4.79 Å². The van der Waals surface area contributed by atoms with E-state index in [1.165, 1.54) is 0 Å². The number of hydrogen-bond donors (Lipinski definition) is 3. The molecule has 0 radical (unpaired) electrons. The van der Waals surface area contributed by atoms with Gasteiger partial charge in [-0.25, -0.2) is 5.84 Å². The van der Waals surface area contributed by atoms with Gasteiger partial charge in [0.2, 0.25) is 11.9 Å². The van der Waals surface area contributed by atoms with Crippen molar-refractivity contribution in [2.45, 2.75) is 13.0 Å². The molecule has 6 heteroatoms. The summed E-state index contributed by atoms with van der Waals surface area (Å²) in [6.07, 6.45) is 0. The van der Waals surface area contributed by atoms with Gasteiger partial charge in [0.15, 0.2) is 0 Å². The summed E-state index contributed by atoms with van der Waals surface area (Å²) in [7, 11) is 1.63.